The van der Waals surface area contributed by atoms with E-state index in [0.29, 0.717) is 65.5 Å². The summed E-state index contributed by atoms with van der Waals surface area (Å²) in [4.78, 5) is 49.2. The molecule has 2 saturated heterocycles. The molecular weight excluding hydrogens is 1160 g/mol. The number of rotatable bonds is 14. The van der Waals surface area contributed by atoms with Crippen molar-refractivity contribution < 1.29 is 9.59 Å². The molecule has 2 aliphatic heterocycles. The topological polar surface area (TPSA) is 174 Å². The standard InChI is InChI=1S/C40H37ClN6O.C34H33ClN6O/c41-33-11-15-36-32(24-33)23-31(16-20-46-26-35(44-27-46)14-8-28-5-2-1-3-6-28)37-7-4-19-43-39(37)38(36)30-17-21-47(22-18-30)40(48)45-34-12-9-29(25-42)10-13-34;1-2-28-21-40(22-38-28)15-11-25-18-26-19-27(35)7-10-30(26)32(33-31(25)4-3-14-37-33)24-12-16-41(17-13-24)34(42)39-29-8-5-23(20-36)6-9-29/h1-7,9-13,15,19,23-24,26-27,30,38H,8,14,16-18,20-22H2,(H,45,48);3-10,14,18-19,21-22,24,32H,2,11-13,15-17H2,1H3,(H,39,42). The van der Waals surface area contributed by atoms with Gasteiger partial charge in [-0.15, -0.1) is 0 Å². The van der Waals surface area contributed by atoms with Crippen LogP contribution >= 0.6 is 23.2 Å². The average molecular weight is 1230 g/mol. The van der Waals surface area contributed by atoms with Gasteiger partial charge < -0.3 is 29.6 Å². The molecule has 452 valence electrons. The Kier molecular flexibility index (Phi) is 19.1. The number of allylic oxidation sites excluding steroid dienone is 2. The first kappa shape index (κ1) is 60.7. The number of nitriles is 2. The first-order valence-corrected chi connectivity index (χ1v) is 31.9. The molecule has 5 aromatic carbocycles. The van der Waals surface area contributed by atoms with E-state index in [1.165, 1.54) is 39.0 Å². The maximum absolute atomic E-state index is 13.1. The second-order valence-electron chi connectivity index (χ2n) is 23.6. The highest BCUT2D eigenvalue weighted by Crippen LogP contribution is 2.47. The van der Waals surface area contributed by atoms with Gasteiger partial charge in [-0.3, -0.25) is 9.97 Å². The molecule has 0 saturated carbocycles. The molecule has 14 nitrogen and oxygen atoms in total. The lowest BCUT2D eigenvalue weighted by Crippen LogP contribution is -2.42. The Morgan fingerprint density at radius 3 is 1.43 bits per heavy atom. The number of benzene rings is 5. The minimum atomic E-state index is -0.114. The number of aromatic nitrogens is 6. The largest absolute Gasteiger partial charge is 0.337 e. The lowest BCUT2D eigenvalue weighted by Gasteiger charge is -2.36. The van der Waals surface area contributed by atoms with E-state index in [0.717, 1.165) is 110 Å². The van der Waals surface area contributed by atoms with Crippen LogP contribution in [0.4, 0.5) is 21.0 Å². The van der Waals surface area contributed by atoms with Crippen molar-refractivity contribution in [2.24, 2.45) is 11.8 Å². The van der Waals surface area contributed by atoms with E-state index < -0.39 is 0 Å². The summed E-state index contributed by atoms with van der Waals surface area (Å²) in [5.74, 6) is 0.826. The number of amides is 4. The van der Waals surface area contributed by atoms with Gasteiger partial charge in [0.1, 0.15) is 0 Å². The van der Waals surface area contributed by atoms with Gasteiger partial charge in [0.15, 0.2) is 0 Å². The number of carbonyl (C=O) groups is 2. The fourth-order valence-corrected chi connectivity index (χ4v) is 13.7. The van der Waals surface area contributed by atoms with Crippen LogP contribution in [0.25, 0.3) is 23.3 Å². The molecule has 2 aliphatic carbocycles. The van der Waals surface area contributed by atoms with Crippen molar-refractivity contribution in [1.29, 1.82) is 10.5 Å². The number of hydrogen-bond acceptors (Lipinski definition) is 8. The van der Waals surface area contributed by atoms with Crippen molar-refractivity contribution in [2.75, 3.05) is 36.8 Å². The number of urea groups is 2. The number of hydrogen-bond donors (Lipinski definition) is 2. The van der Waals surface area contributed by atoms with E-state index in [2.05, 4.69) is 129 Å². The summed E-state index contributed by atoms with van der Waals surface area (Å²) < 4.78 is 4.35. The van der Waals surface area contributed by atoms with Crippen LogP contribution in [0, 0.1) is 34.5 Å². The molecule has 6 heterocycles. The number of halogens is 2. The normalized spacial score (nSPS) is 16.2. The number of nitrogens with zero attached hydrogens (tertiary/aromatic N) is 10. The van der Waals surface area contributed by atoms with E-state index in [1.54, 1.807) is 48.5 Å². The van der Waals surface area contributed by atoms with Crippen LogP contribution in [-0.4, -0.2) is 77.1 Å². The molecule has 2 unspecified atom stereocenters. The maximum Gasteiger partial charge on any atom is 0.321 e. The van der Waals surface area contributed by atoms with Crippen LogP contribution in [0.3, 0.4) is 0 Å². The summed E-state index contributed by atoms with van der Waals surface area (Å²) in [6.45, 7) is 6.40. The van der Waals surface area contributed by atoms with Crippen LogP contribution in [0.15, 0.2) is 177 Å². The van der Waals surface area contributed by atoms with Crippen molar-refractivity contribution in [1.82, 2.24) is 38.9 Å². The van der Waals surface area contributed by atoms with E-state index in [9.17, 15) is 9.59 Å². The minimum Gasteiger partial charge on any atom is -0.337 e. The van der Waals surface area contributed by atoms with Crippen molar-refractivity contribution in [3.8, 4) is 12.1 Å². The highest BCUT2D eigenvalue weighted by molar-refractivity contribution is 6.31. The molecule has 0 radical (unpaired) electrons. The zero-order valence-corrected chi connectivity index (χ0v) is 51.9. The predicted octanol–water partition coefficient (Wildman–Crippen LogP) is 16.0. The van der Waals surface area contributed by atoms with Crippen molar-refractivity contribution >= 4 is 69.9 Å². The third-order valence-corrected chi connectivity index (χ3v) is 18.5. The molecule has 9 aromatic rings. The molecule has 4 amide bonds. The molecule has 13 rings (SSSR count). The van der Waals surface area contributed by atoms with Gasteiger partial charge >= 0.3 is 12.1 Å². The third-order valence-electron chi connectivity index (χ3n) is 18.0. The lowest BCUT2D eigenvalue weighted by atomic mass is 9.76. The Balaban J connectivity index is 0.000000176. The number of anilines is 2. The molecule has 0 bridgehead atoms. The molecule has 4 aliphatic rings. The molecule has 16 heteroatoms. The fraction of sp³-hybridized carbons (Fsp3) is 0.270. The van der Waals surface area contributed by atoms with Crippen LogP contribution < -0.4 is 10.6 Å². The second kappa shape index (κ2) is 28.3. The zero-order chi connectivity index (χ0) is 61.9. The molecule has 4 aromatic heterocycles. The quantitative estimate of drug-likeness (QED) is 0.108. The highest BCUT2D eigenvalue weighted by Gasteiger charge is 2.37. The van der Waals surface area contributed by atoms with E-state index in [4.69, 9.17) is 48.7 Å². The molecule has 2 N–H and O–H groups in total. The van der Waals surface area contributed by atoms with Crippen molar-refractivity contribution in [2.45, 2.75) is 89.6 Å². The Morgan fingerprint density at radius 1 is 0.533 bits per heavy atom. The molecular formula is C74H70Cl2N12O2. The van der Waals surface area contributed by atoms with Crippen LogP contribution in [0.2, 0.25) is 10.0 Å². The third kappa shape index (κ3) is 14.3. The van der Waals surface area contributed by atoms with Gasteiger partial charge in [-0.05, 0) is 205 Å². The first-order chi connectivity index (χ1) is 44.1. The zero-order valence-electron chi connectivity index (χ0n) is 50.4. The van der Waals surface area contributed by atoms with Crippen LogP contribution in [-0.2, 0) is 32.4 Å². The number of carbonyl (C=O) groups excluding carboxylic acids is 2. The maximum atomic E-state index is 13.1. The van der Waals surface area contributed by atoms with Gasteiger partial charge in [0.2, 0.25) is 0 Å². The summed E-state index contributed by atoms with van der Waals surface area (Å²) in [5.41, 5.74) is 17.8. The van der Waals surface area contributed by atoms with Crippen LogP contribution in [0.1, 0.15) is 130 Å². The van der Waals surface area contributed by atoms with Gasteiger partial charge in [-0.25, -0.2) is 19.6 Å². The first-order valence-electron chi connectivity index (χ1n) is 31.1. The highest BCUT2D eigenvalue weighted by atomic mass is 35.5. The predicted molar refractivity (Wildman–Crippen MR) is 357 cm³/mol. The van der Waals surface area contributed by atoms with Gasteiger partial charge in [0.05, 0.1) is 58.7 Å². The van der Waals surface area contributed by atoms with Gasteiger partial charge in [-0.1, -0.05) is 96.9 Å². The van der Waals surface area contributed by atoms with Crippen LogP contribution in [0.5, 0.6) is 0 Å². The Hall–Kier alpha value is -9.60. The minimum absolute atomic E-state index is 0.0868. The van der Waals surface area contributed by atoms with Gasteiger partial charge in [-0.2, -0.15) is 10.5 Å². The Bertz CT molecular complexity index is 4160. The number of pyridine rings is 2. The summed E-state index contributed by atoms with van der Waals surface area (Å²) in [6, 6.07) is 49.3. The second-order valence-corrected chi connectivity index (χ2v) is 24.5. The number of nitrogens with one attached hydrogen (secondary N) is 2. The number of piperidine rings is 2. The fourth-order valence-electron chi connectivity index (χ4n) is 13.3. The van der Waals surface area contributed by atoms with E-state index in [-0.39, 0.29) is 23.9 Å². The van der Waals surface area contributed by atoms with Gasteiger partial charge in [0, 0.05) is 97.3 Å². The lowest BCUT2D eigenvalue weighted by molar-refractivity contribution is 0.177. The van der Waals surface area contributed by atoms with Crippen molar-refractivity contribution in [3.63, 3.8) is 0 Å². The molecule has 2 atom stereocenters. The Morgan fingerprint density at radius 2 is 0.989 bits per heavy atom. The Labute approximate surface area is 536 Å². The smallest absolute Gasteiger partial charge is 0.321 e. The molecule has 2 fully saturated rings. The monoisotopic (exact) mass is 1230 g/mol. The van der Waals surface area contributed by atoms with E-state index in [1.807, 2.05) is 65.2 Å². The summed E-state index contributed by atoms with van der Waals surface area (Å²) in [7, 11) is 0. The number of fused-ring (bicyclic) bond motifs is 4. The molecule has 90 heavy (non-hydrogen) atoms. The summed E-state index contributed by atoms with van der Waals surface area (Å²) in [6.07, 6.45) is 24.5. The number of likely N-dealkylation sites (tertiary alicyclic amines) is 2. The van der Waals surface area contributed by atoms with E-state index >= 15 is 0 Å². The van der Waals surface area contributed by atoms with Crippen molar-refractivity contribution in [3.05, 3.63) is 260 Å². The average Bonchev–Trinajstić information content (AvgIpc) is 1.62. The van der Waals surface area contributed by atoms with Gasteiger partial charge in [0.25, 0.3) is 0 Å². The molecule has 0 spiro atoms. The number of aryl methyl sites for hydroxylation is 5. The number of imidazole rings is 2. The SMILES string of the molecule is CCc1cn(CCC2=Cc3cc(Cl)ccc3C(C3CCN(C(=O)Nc4ccc(C#N)cc4)CC3)c3ncccc32)cn1.N#Cc1ccc(NC(=O)N2CCC(C3c4ccc(Cl)cc4C=C(CCn4cnc(CCc5ccccc5)c4)c4cccnc43)CC2)cc1. The summed E-state index contributed by atoms with van der Waals surface area (Å²) in [5, 5.41) is 25.5. The summed E-state index contributed by atoms with van der Waals surface area (Å²) >= 11 is 13.1.